The highest BCUT2D eigenvalue weighted by Gasteiger charge is 2.05. The van der Waals surface area contributed by atoms with E-state index in [2.05, 4.69) is 31.6 Å². The summed E-state index contributed by atoms with van der Waals surface area (Å²) >= 11 is 3.14. The molecule has 0 saturated heterocycles. The van der Waals surface area contributed by atoms with E-state index >= 15 is 0 Å². The van der Waals surface area contributed by atoms with Crippen LogP contribution in [0.3, 0.4) is 0 Å². The molecule has 0 saturated carbocycles. The van der Waals surface area contributed by atoms with Gasteiger partial charge in [0.1, 0.15) is 11.6 Å². The lowest BCUT2D eigenvalue weighted by atomic mass is 10.2. The number of nitrogens with one attached hydrogen (secondary N) is 2. The highest BCUT2D eigenvalue weighted by Crippen LogP contribution is 2.17. The Balaban J connectivity index is 1.92. The van der Waals surface area contributed by atoms with Crippen molar-refractivity contribution in [3.63, 3.8) is 0 Å². The molecule has 0 radical (unpaired) electrons. The molecule has 4 nitrogen and oxygen atoms in total. The average molecular weight is 380 g/mol. The normalized spacial score (nSPS) is 11.2. The largest absolute Gasteiger partial charge is 0.496 e. The van der Waals surface area contributed by atoms with Gasteiger partial charge in [0.2, 0.25) is 0 Å². The molecule has 0 amide bonds. The quantitative estimate of drug-likeness (QED) is 0.617. The highest BCUT2D eigenvalue weighted by atomic mass is 79.9. The highest BCUT2D eigenvalue weighted by molar-refractivity contribution is 9.10. The first-order valence-electron chi connectivity index (χ1n) is 7.14. The van der Waals surface area contributed by atoms with E-state index in [1.54, 1.807) is 20.2 Å². The Morgan fingerprint density at radius 1 is 1.17 bits per heavy atom. The van der Waals surface area contributed by atoms with Crippen LogP contribution in [0.15, 0.2) is 51.9 Å². The van der Waals surface area contributed by atoms with Gasteiger partial charge in [-0.05, 0) is 39.7 Å². The van der Waals surface area contributed by atoms with Crippen LogP contribution in [-0.4, -0.2) is 20.1 Å². The predicted molar refractivity (Wildman–Crippen MR) is 94.1 cm³/mol. The minimum Gasteiger partial charge on any atom is -0.496 e. The van der Waals surface area contributed by atoms with Gasteiger partial charge >= 0.3 is 0 Å². The standard InChI is InChI=1S/C17H19BrFN3O/c1-20-17(21-10-12-7-8-14(18)15(19)9-12)22-11-13-5-3-4-6-16(13)23-2/h3-9H,10-11H2,1-2H3,(H2,20,21,22). The van der Waals surface area contributed by atoms with Gasteiger partial charge in [0.05, 0.1) is 11.6 Å². The summed E-state index contributed by atoms with van der Waals surface area (Å²) in [5.41, 5.74) is 1.87. The van der Waals surface area contributed by atoms with Crippen molar-refractivity contribution in [1.82, 2.24) is 10.6 Å². The number of aliphatic imine (C=N–C) groups is 1. The first-order chi connectivity index (χ1) is 11.1. The number of para-hydroxylation sites is 1. The summed E-state index contributed by atoms with van der Waals surface area (Å²) in [7, 11) is 3.34. The van der Waals surface area contributed by atoms with Crippen LogP contribution in [0.5, 0.6) is 5.75 Å². The van der Waals surface area contributed by atoms with Crippen LogP contribution in [0.2, 0.25) is 0 Å². The van der Waals surface area contributed by atoms with Crippen LogP contribution in [0.1, 0.15) is 11.1 Å². The molecule has 0 aliphatic carbocycles. The van der Waals surface area contributed by atoms with E-state index < -0.39 is 0 Å². The molecule has 2 N–H and O–H groups in total. The van der Waals surface area contributed by atoms with E-state index in [9.17, 15) is 4.39 Å². The third kappa shape index (κ3) is 4.96. The number of hydrogen-bond donors (Lipinski definition) is 2. The lowest BCUT2D eigenvalue weighted by Crippen LogP contribution is -2.36. The fraction of sp³-hybridized carbons (Fsp3) is 0.235. The van der Waals surface area contributed by atoms with E-state index in [-0.39, 0.29) is 5.82 Å². The van der Waals surface area contributed by atoms with Gasteiger partial charge in [0.15, 0.2) is 5.96 Å². The molecule has 0 spiro atoms. The molecule has 23 heavy (non-hydrogen) atoms. The van der Waals surface area contributed by atoms with Crippen LogP contribution < -0.4 is 15.4 Å². The molecule has 0 aliphatic heterocycles. The second-order valence-corrected chi connectivity index (χ2v) is 5.69. The van der Waals surface area contributed by atoms with E-state index in [0.29, 0.717) is 23.5 Å². The Morgan fingerprint density at radius 3 is 2.61 bits per heavy atom. The van der Waals surface area contributed by atoms with Crippen LogP contribution in [0.25, 0.3) is 0 Å². The van der Waals surface area contributed by atoms with Crippen molar-refractivity contribution in [2.45, 2.75) is 13.1 Å². The SMILES string of the molecule is CN=C(NCc1ccc(Br)c(F)c1)NCc1ccccc1OC. The van der Waals surface area contributed by atoms with Crippen molar-refractivity contribution in [2.75, 3.05) is 14.2 Å². The van der Waals surface area contributed by atoms with Crippen molar-refractivity contribution in [1.29, 1.82) is 0 Å². The lowest BCUT2D eigenvalue weighted by Gasteiger charge is -2.14. The van der Waals surface area contributed by atoms with Gasteiger partial charge in [-0.1, -0.05) is 24.3 Å². The minimum absolute atomic E-state index is 0.277. The van der Waals surface area contributed by atoms with Gasteiger partial charge in [-0.15, -0.1) is 0 Å². The molecule has 0 aliphatic rings. The third-order valence-electron chi connectivity index (χ3n) is 3.31. The van der Waals surface area contributed by atoms with Crippen molar-refractivity contribution in [2.24, 2.45) is 4.99 Å². The summed E-state index contributed by atoms with van der Waals surface area (Å²) in [6, 6.07) is 12.8. The molecular formula is C17H19BrFN3O. The Labute approximate surface area is 143 Å². The molecular weight excluding hydrogens is 361 g/mol. The van der Waals surface area contributed by atoms with E-state index in [0.717, 1.165) is 16.9 Å². The Hall–Kier alpha value is -2.08. The molecule has 122 valence electrons. The van der Waals surface area contributed by atoms with Crippen molar-refractivity contribution in [3.05, 3.63) is 63.9 Å². The number of benzene rings is 2. The molecule has 2 rings (SSSR count). The number of guanidine groups is 1. The average Bonchev–Trinajstić information content (AvgIpc) is 2.58. The van der Waals surface area contributed by atoms with Gasteiger partial charge in [-0.3, -0.25) is 4.99 Å². The Bertz CT molecular complexity index is 691. The van der Waals surface area contributed by atoms with Crippen molar-refractivity contribution in [3.8, 4) is 5.75 Å². The molecule has 0 bridgehead atoms. The predicted octanol–water partition coefficient (Wildman–Crippen LogP) is 3.46. The van der Waals surface area contributed by atoms with Crippen LogP contribution in [-0.2, 0) is 13.1 Å². The summed E-state index contributed by atoms with van der Waals surface area (Å²) in [5, 5.41) is 6.37. The van der Waals surface area contributed by atoms with Gasteiger partial charge < -0.3 is 15.4 Å². The number of hydrogen-bond acceptors (Lipinski definition) is 2. The maximum absolute atomic E-state index is 13.5. The summed E-state index contributed by atoms with van der Waals surface area (Å²) in [6.07, 6.45) is 0. The molecule has 2 aromatic rings. The summed E-state index contributed by atoms with van der Waals surface area (Å²) in [5.74, 6) is 1.19. The number of methoxy groups -OCH3 is 1. The van der Waals surface area contributed by atoms with E-state index in [1.165, 1.54) is 6.07 Å². The summed E-state index contributed by atoms with van der Waals surface area (Å²) in [6.45, 7) is 1.06. The Morgan fingerprint density at radius 2 is 1.91 bits per heavy atom. The molecule has 0 atom stereocenters. The molecule has 2 aromatic carbocycles. The fourth-order valence-corrected chi connectivity index (χ4v) is 2.33. The topological polar surface area (TPSA) is 45.7 Å². The molecule has 0 aromatic heterocycles. The zero-order chi connectivity index (χ0) is 16.7. The van der Waals surface area contributed by atoms with Crippen molar-refractivity contribution >= 4 is 21.9 Å². The van der Waals surface area contributed by atoms with Crippen LogP contribution in [0, 0.1) is 5.82 Å². The third-order valence-corrected chi connectivity index (χ3v) is 3.95. The monoisotopic (exact) mass is 379 g/mol. The van der Waals surface area contributed by atoms with Gasteiger partial charge in [0.25, 0.3) is 0 Å². The zero-order valence-corrected chi connectivity index (χ0v) is 14.7. The van der Waals surface area contributed by atoms with Crippen molar-refractivity contribution < 1.29 is 9.13 Å². The summed E-state index contributed by atoms with van der Waals surface area (Å²) < 4.78 is 19.3. The first kappa shape index (κ1) is 17.3. The van der Waals surface area contributed by atoms with Crippen LogP contribution in [0.4, 0.5) is 4.39 Å². The fourth-order valence-electron chi connectivity index (χ4n) is 2.08. The van der Waals surface area contributed by atoms with Crippen LogP contribution >= 0.6 is 15.9 Å². The number of ether oxygens (including phenoxy) is 1. The molecule has 0 heterocycles. The molecule has 0 fully saturated rings. The maximum Gasteiger partial charge on any atom is 0.191 e. The van der Waals surface area contributed by atoms with E-state index in [1.807, 2.05) is 30.3 Å². The molecule has 6 heteroatoms. The molecule has 0 unspecified atom stereocenters. The van der Waals surface area contributed by atoms with E-state index in [4.69, 9.17) is 4.74 Å². The number of nitrogens with zero attached hydrogens (tertiary/aromatic N) is 1. The second kappa shape index (κ2) is 8.53. The number of rotatable bonds is 5. The summed E-state index contributed by atoms with van der Waals surface area (Å²) in [4.78, 5) is 4.16. The zero-order valence-electron chi connectivity index (χ0n) is 13.1. The van der Waals surface area contributed by atoms with Gasteiger partial charge in [0, 0.05) is 25.7 Å². The minimum atomic E-state index is -0.277. The second-order valence-electron chi connectivity index (χ2n) is 4.84. The number of halogens is 2. The van der Waals surface area contributed by atoms with Gasteiger partial charge in [-0.2, -0.15) is 0 Å². The maximum atomic E-state index is 13.5. The smallest absolute Gasteiger partial charge is 0.191 e. The first-order valence-corrected chi connectivity index (χ1v) is 7.93. The lowest BCUT2D eigenvalue weighted by molar-refractivity contribution is 0.409. The Kier molecular flexibility index (Phi) is 6.40. The van der Waals surface area contributed by atoms with Gasteiger partial charge in [-0.25, -0.2) is 4.39 Å².